The molecule has 3 N–H and O–H groups in total. The summed E-state index contributed by atoms with van der Waals surface area (Å²) in [6, 6.07) is 10.4. The van der Waals surface area contributed by atoms with E-state index in [1.165, 1.54) is 12.1 Å². The van der Waals surface area contributed by atoms with Crippen LogP contribution in [0.15, 0.2) is 52.0 Å². The van der Waals surface area contributed by atoms with Gasteiger partial charge in [-0.25, -0.2) is 13.6 Å². The summed E-state index contributed by atoms with van der Waals surface area (Å²) in [4.78, 5) is 0.139. The van der Waals surface area contributed by atoms with Gasteiger partial charge in [-0.1, -0.05) is 12.1 Å². The highest BCUT2D eigenvalue weighted by atomic mass is 35.5. The van der Waals surface area contributed by atoms with E-state index in [4.69, 9.17) is 9.56 Å². The van der Waals surface area contributed by atoms with E-state index in [-0.39, 0.29) is 17.3 Å². The van der Waals surface area contributed by atoms with Gasteiger partial charge in [0.1, 0.15) is 5.76 Å². The van der Waals surface area contributed by atoms with Gasteiger partial charge < -0.3 is 9.73 Å². The fourth-order valence-corrected chi connectivity index (χ4v) is 2.22. The van der Waals surface area contributed by atoms with Crippen LogP contribution in [0.1, 0.15) is 11.3 Å². The molecule has 0 amide bonds. The fourth-order valence-electron chi connectivity index (χ4n) is 1.70. The first-order chi connectivity index (χ1) is 9.05. The predicted octanol–water partition coefficient (Wildman–Crippen LogP) is 1.68. The molecule has 0 radical (unpaired) electrons. The first-order valence-corrected chi connectivity index (χ1v) is 7.45. The number of nitrogens with two attached hydrogens (primary N) is 1. The molecule has 0 spiro atoms. The maximum Gasteiger partial charge on any atom is 0.238 e. The van der Waals surface area contributed by atoms with Crippen LogP contribution in [0.5, 0.6) is 0 Å². The predicted molar refractivity (Wildman–Crippen MR) is 79.2 cm³/mol. The standard InChI is InChI=1S/C13H16N2O3S.ClH/c14-19(16,17)13-5-3-11(4-6-13)7-8-15-10-12-2-1-9-18-12;/h1-6,9,15H,7-8,10H2,(H2,14,16,17);1H. The van der Waals surface area contributed by atoms with Crippen molar-refractivity contribution in [1.82, 2.24) is 5.32 Å². The second-order valence-corrected chi connectivity index (χ2v) is 5.76. The van der Waals surface area contributed by atoms with Crippen LogP contribution in [0.4, 0.5) is 0 Å². The largest absolute Gasteiger partial charge is 0.468 e. The highest BCUT2D eigenvalue weighted by Gasteiger charge is 2.06. The van der Waals surface area contributed by atoms with Crippen molar-refractivity contribution < 1.29 is 12.8 Å². The van der Waals surface area contributed by atoms with E-state index >= 15 is 0 Å². The van der Waals surface area contributed by atoms with Gasteiger partial charge in [-0.15, -0.1) is 12.4 Å². The van der Waals surface area contributed by atoms with E-state index < -0.39 is 10.0 Å². The molecule has 1 heterocycles. The topological polar surface area (TPSA) is 85.3 Å². The number of primary sulfonamides is 1. The molecule has 5 nitrogen and oxygen atoms in total. The molecule has 7 heteroatoms. The van der Waals surface area contributed by atoms with Gasteiger partial charge in [0.25, 0.3) is 0 Å². The van der Waals surface area contributed by atoms with Gasteiger partial charge in [-0.2, -0.15) is 0 Å². The summed E-state index contributed by atoms with van der Waals surface area (Å²) in [5.74, 6) is 0.893. The molecule has 0 aliphatic heterocycles. The minimum atomic E-state index is -3.60. The zero-order chi connectivity index (χ0) is 13.7. The van der Waals surface area contributed by atoms with Crippen LogP contribution >= 0.6 is 12.4 Å². The number of hydrogen-bond acceptors (Lipinski definition) is 4. The molecule has 0 aliphatic carbocycles. The molecule has 0 unspecified atom stereocenters. The smallest absolute Gasteiger partial charge is 0.238 e. The first-order valence-electron chi connectivity index (χ1n) is 5.90. The summed E-state index contributed by atoms with van der Waals surface area (Å²) in [6.07, 6.45) is 2.45. The molecular formula is C13H17ClN2O3S. The third kappa shape index (κ3) is 4.97. The lowest BCUT2D eigenvalue weighted by Gasteiger charge is -2.04. The van der Waals surface area contributed by atoms with Gasteiger partial charge in [0, 0.05) is 0 Å². The van der Waals surface area contributed by atoms with Crippen molar-refractivity contribution in [2.24, 2.45) is 5.14 Å². The van der Waals surface area contributed by atoms with Crippen LogP contribution < -0.4 is 10.5 Å². The van der Waals surface area contributed by atoms with Crippen molar-refractivity contribution >= 4 is 22.4 Å². The molecule has 0 saturated carbocycles. The highest BCUT2D eigenvalue weighted by Crippen LogP contribution is 2.09. The van der Waals surface area contributed by atoms with Crippen LogP contribution in [0.2, 0.25) is 0 Å². The van der Waals surface area contributed by atoms with Gasteiger partial charge in [0.2, 0.25) is 10.0 Å². The molecule has 2 rings (SSSR count). The highest BCUT2D eigenvalue weighted by molar-refractivity contribution is 7.89. The van der Waals surface area contributed by atoms with E-state index in [2.05, 4.69) is 5.32 Å². The van der Waals surface area contributed by atoms with E-state index in [1.54, 1.807) is 18.4 Å². The SMILES string of the molecule is Cl.NS(=O)(=O)c1ccc(CCNCc2ccco2)cc1. The monoisotopic (exact) mass is 316 g/mol. The van der Waals surface area contributed by atoms with Gasteiger partial charge in [-0.05, 0) is 42.8 Å². The van der Waals surface area contributed by atoms with Crippen molar-refractivity contribution in [1.29, 1.82) is 0 Å². The lowest BCUT2D eigenvalue weighted by Crippen LogP contribution is -2.16. The molecule has 0 bridgehead atoms. The summed E-state index contributed by atoms with van der Waals surface area (Å²) >= 11 is 0. The Morgan fingerprint density at radius 1 is 1.15 bits per heavy atom. The zero-order valence-corrected chi connectivity index (χ0v) is 12.4. The molecule has 0 atom stereocenters. The van der Waals surface area contributed by atoms with Crippen LogP contribution in [-0.2, 0) is 23.0 Å². The van der Waals surface area contributed by atoms with Crippen LogP contribution in [0.25, 0.3) is 0 Å². The summed E-state index contributed by atoms with van der Waals surface area (Å²) in [5.41, 5.74) is 1.05. The molecule has 0 aliphatic rings. The van der Waals surface area contributed by atoms with E-state index in [0.717, 1.165) is 24.3 Å². The summed E-state index contributed by atoms with van der Waals surface area (Å²) in [7, 11) is -3.60. The van der Waals surface area contributed by atoms with Crippen molar-refractivity contribution in [3.63, 3.8) is 0 Å². The normalized spacial score (nSPS) is 11.1. The first kappa shape index (κ1) is 16.7. The summed E-state index contributed by atoms with van der Waals surface area (Å²) < 4.78 is 27.4. The van der Waals surface area contributed by atoms with E-state index in [0.29, 0.717) is 6.54 Å². The van der Waals surface area contributed by atoms with Gasteiger partial charge in [0.05, 0.1) is 17.7 Å². The third-order valence-corrected chi connectivity index (χ3v) is 3.65. The molecule has 1 aromatic heterocycles. The molecule has 1 aromatic carbocycles. The maximum absolute atomic E-state index is 11.1. The Hall–Kier alpha value is -1.34. The van der Waals surface area contributed by atoms with Crippen molar-refractivity contribution in [3.8, 4) is 0 Å². The van der Waals surface area contributed by atoms with Gasteiger partial charge in [-0.3, -0.25) is 0 Å². The second-order valence-electron chi connectivity index (χ2n) is 4.20. The molecule has 0 saturated heterocycles. The molecular weight excluding hydrogens is 300 g/mol. The van der Waals surface area contributed by atoms with Crippen molar-refractivity contribution in [3.05, 3.63) is 54.0 Å². The Labute approximate surface area is 124 Å². The number of furan rings is 1. The summed E-state index contributed by atoms with van der Waals surface area (Å²) in [6.45, 7) is 1.47. The Balaban J connectivity index is 0.00000200. The number of halogens is 1. The van der Waals surface area contributed by atoms with Gasteiger partial charge >= 0.3 is 0 Å². The number of sulfonamides is 1. The minimum Gasteiger partial charge on any atom is -0.468 e. The zero-order valence-electron chi connectivity index (χ0n) is 10.8. The fraction of sp³-hybridized carbons (Fsp3) is 0.231. The lowest BCUT2D eigenvalue weighted by molar-refractivity contribution is 0.484. The molecule has 2 aromatic rings. The number of nitrogens with one attached hydrogen (secondary N) is 1. The average molecular weight is 317 g/mol. The Kier molecular flexibility index (Phi) is 6.22. The van der Waals surface area contributed by atoms with E-state index in [9.17, 15) is 8.42 Å². The number of hydrogen-bond donors (Lipinski definition) is 2. The van der Waals surface area contributed by atoms with Crippen LogP contribution in [0, 0.1) is 0 Å². The minimum absolute atomic E-state index is 0. The Morgan fingerprint density at radius 2 is 1.85 bits per heavy atom. The lowest BCUT2D eigenvalue weighted by atomic mass is 10.1. The van der Waals surface area contributed by atoms with Crippen molar-refractivity contribution in [2.45, 2.75) is 17.9 Å². The van der Waals surface area contributed by atoms with E-state index in [1.807, 2.05) is 12.1 Å². The van der Waals surface area contributed by atoms with Crippen LogP contribution in [0.3, 0.4) is 0 Å². The average Bonchev–Trinajstić information content (AvgIpc) is 2.87. The molecule has 0 fully saturated rings. The molecule has 20 heavy (non-hydrogen) atoms. The second kappa shape index (κ2) is 7.44. The van der Waals surface area contributed by atoms with Gasteiger partial charge in [0.15, 0.2) is 0 Å². The quantitative estimate of drug-likeness (QED) is 0.794. The summed E-state index contributed by atoms with van der Waals surface area (Å²) in [5, 5.41) is 8.28. The Morgan fingerprint density at radius 3 is 2.40 bits per heavy atom. The number of rotatable bonds is 6. The molecule has 110 valence electrons. The number of benzene rings is 1. The Bertz CT molecular complexity index is 610. The van der Waals surface area contributed by atoms with Crippen LogP contribution in [-0.4, -0.2) is 15.0 Å². The van der Waals surface area contributed by atoms with Crippen molar-refractivity contribution in [2.75, 3.05) is 6.54 Å². The maximum atomic E-state index is 11.1. The third-order valence-electron chi connectivity index (χ3n) is 2.72.